The molecule has 4 nitrogen and oxygen atoms in total. The summed E-state index contributed by atoms with van der Waals surface area (Å²) in [7, 11) is 0. The maximum Gasteiger partial charge on any atom is 0.253 e. The van der Waals surface area contributed by atoms with Crippen molar-refractivity contribution in [3.05, 3.63) is 35.4 Å². The molecule has 1 atom stereocenters. The van der Waals surface area contributed by atoms with Crippen LogP contribution in [-0.4, -0.2) is 24.2 Å². The summed E-state index contributed by atoms with van der Waals surface area (Å²) < 4.78 is 0. The van der Waals surface area contributed by atoms with Crippen LogP contribution in [-0.2, 0) is 0 Å². The zero-order valence-corrected chi connectivity index (χ0v) is 7.66. The summed E-state index contributed by atoms with van der Waals surface area (Å²) in [5.41, 5.74) is 1.66. The summed E-state index contributed by atoms with van der Waals surface area (Å²) in [4.78, 5) is 11.4. The van der Waals surface area contributed by atoms with Gasteiger partial charge in [0.25, 0.3) is 5.91 Å². The van der Waals surface area contributed by atoms with Crippen molar-refractivity contribution in [1.82, 2.24) is 10.6 Å². The monoisotopic (exact) mass is 192 g/mol. The van der Waals surface area contributed by atoms with Crippen LogP contribution >= 0.6 is 0 Å². The van der Waals surface area contributed by atoms with E-state index in [2.05, 4.69) is 10.6 Å². The standard InChI is InChI=1S/C10H12N2O2/c13-6-5-11-9-7-3-1-2-4-8(7)10(14)12-9/h1-4,9,11,13H,5-6H2,(H,12,14). The van der Waals surface area contributed by atoms with Crippen LogP contribution in [0.1, 0.15) is 22.1 Å². The quantitative estimate of drug-likeness (QED) is 0.632. The van der Waals surface area contributed by atoms with Gasteiger partial charge in [0.1, 0.15) is 6.17 Å². The van der Waals surface area contributed by atoms with E-state index in [4.69, 9.17) is 5.11 Å². The van der Waals surface area contributed by atoms with Crippen LogP contribution in [0.15, 0.2) is 24.3 Å². The SMILES string of the molecule is O=C1NC(NCCO)c2ccccc21. The highest BCUT2D eigenvalue weighted by Gasteiger charge is 2.26. The van der Waals surface area contributed by atoms with E-state index in [0.29, 0.717) is 12.1 Å². The molecule has 0 bridgehead atoms. The predicted octanol–water partition coefficient (Wildman–Crippen LogP) is 0.0105. The number of fused-ring (bicyclic) bond motifs is 1. The van der Waals surface area contributed by atoms with Crippen LogP contribution in [0.3, 0.4) is 0 Å². The number of nitrogens with one attached hydrogen (secondary N) is 2. The van der Waals surface area contributed by atoms with E-state index in [9.17, 15) is 4.79 Å². The zero-order chi connectivity index (χ0) is 9.97. The molecular weight excluding hydrogens is 180 g/mol. The Morgan fingerprint density at radius 1 is 1.43 bits per heavy atom. The predicted molar refractivity (Wildman–Crippen MR) is 51.7 cm³/mol. The van der Waals surface area contributed by atoms with Gasteiger partial charge in [-0.1, -0.05) is 18.2 Å². The van der Waals surface area contributed by atoms with Gasteiger partial charge in [-0.3, -0.25) is 10.1 Å². The summed E-state index contributed by atoms with van der Waals surface area (Å²) in [5.74, 6) is -0.0592. The fourth-order valence-electron chi connectivity index (χ4n) is 1.61. The first-order chi connectivity index (χ1) is 6.83. The minimum atomic E-state index is -0.161. The average molecular weight is 192 g/mol. The van der Waals surface area contributed by atoms with Crippen LogP contribution < -0.4 is 10.6 Å². The molecule has 3 N–H and O–H groups in total. The number of carbonyl (C=O) groups excluding carboxylic acids is 1. The van der Waals surface area contributed by atoms with E-state index in [1.165, 1.54) is 0 Å². The van der Waals surface area contributed by atoms with Crippen molar-refractivity contribution in [3.8, 4) is 0 Å². The molecule has 0 aliphatic carbocycles. The van der Waals surface area contributed by atoms with Crippen molar-refractivity contribution in [2.24, 2.45) is 0 Å². The molecule has 14 heavy (non-hydrogen) atoms. The van der Waals surface area contributed by atoms with E-state index >= 15 is 0 Å². The van der Waals surface area contributed by atoms with Crippen LogP contribution in [0.2, 0.25) is 0 Å². The topological polar surface area (TPSA) is 61.4 Å². The highest BCUT2D eigenvalue weighted by atomic mass is 16.3. The largest absolute Gasteiger partial charge is 0.395 e. The number of benzene rings is 1. The van der Waals surface area contributed by atoms with Gasteiger partial charge < -0.3 is 10.4 Å². The number of carbonyl (C=O) groups is 1. The van der Waals surface area contributed by atoms with Gasteiger partial charge in [0.2, 0.25) is 0 Å². The molecule has 74 valence electrons. The van der Waals surface area contributed by atoms with Gasteiger partial charge in [0.15, 0.2) is 0 Å². The summed E-state index contributed by atoms with van der Waals surface area (Å²) in [6, 6.07) is 7.44. The molecule has 0 radical (unpaired) electrons. The van der Waals surface area contributed by atoms with Crippen molar-refractivity contribution in [2.75, 3.05) is 13.2 Å². The average Bonchev–Trinajstić information content (AvgIpc) is 2.54. The van der Waals surface area contributed by atoms with Gasteiger partial charge in [-0.2, -0.15) is 0 Å². The molecule has 1 aromatic rings. The third-order valence-electron chi connectivity index (χ3n) is 2.25. The number of amides is 1. The highest BCUT2D eigenvalue weighted by Crippen LogP contribution is 2.22. The Hall–Kier alpha value is -1.39. The van der Waals surface area contributed by atoms with E-state index in [-0.39, 0.29) is 18.7 Å². The summed E-state index contributed by atoms with van der Waals surface area (Å²) in [6.45, 7) is 0.536. The Labute approximate surface area is 81.9 Å². The second-order valence-electron chi connectivity index (χ2n) is 3.17. The van der Waals surface area contributed by atoms with Gasteiger partial charge in [0.05, 0.1) is 6.61 Å². The van der Waals surface area contributed by atoms with Crippen LogP contribution in [0, 0.1) is 0 Å². The molecule has 1 aliphatic rings. The summed E-state index contributed by atoms with van der Waals surface area (Å²) >= 11 is 0. The molecule has 0 fully saturated rings. The first-order valence-electron chi connectivity index (χ1n) is 4.57. The molecular formula is C10H12N2O2. The van der Waals surface area contributed by atoms with Gasteiger partial charge in [-0.25, -0.2) is 0 Å². The maximum atomic E-state index is 11.4. The molecule has 2 rings (SSSR count). The molecule has 4 heteroatoms. The first kappa shape index (κ1) is 9.18. The fourth-order valence-corrected chi connectivity index (χ4v) is 1.61. The Kier molecular flexibility index (Phi) is 2.47. The summed E-state index contributed by atoms with van der Waals surface area (Å²) in [5, 5.41) is 14.5. The van der Waals surface area contributed by atoms with Crippen molar-refractivity contribution >= 4 is 5.91 Å². The minimum Gasteiger partial charge on any atom is -0.395 e. The molecule has 1 unspecified atom stereocenters. The zero-order valence-electron chi connectivity index (χ0n) is 7.66. The van der Waals surface area contributed by atoms with Crippen LogP contribution in [0.5, 0.6) is 0 Å². The molecule has 1 heterocycles. The molecule has 1 aromatic carbocycles. The maximum absolute atomic E-state index is 11.4. The minimum absolute atomic E-state index is 0.0592. The molecule has 0 saturated carbocycles. The number of aliphatic hydroxyl groups is 1. The molecule has 0 spiro atoms. The smallest absolute Gasteiger partial charge is 0.253 e. The second kappa shape index (κ2) is 3.77. The number of hydrogen-bond donors (Lipinski definition) is 3. The van der Waals surface area contributed by atoms with Crippen LogP contribution in [0.25, 0.3) is 0 Å². The van der Waals surface area contributed by atoms with Gasteiger partial charge in [-0.05, 0) is 6.07 Å². The van der Waals surface area contributed by atoms with Gasteiger partial charge in [0, 0.05) is 17.7 Å². The lowest BCUT2D eigenvalue weighted by Crippen LogP contribution is -2.33. The van der Waals surface area contributed by atoms with Crippen molar-refractivity contribution in [3.63, 3.8) is 0 Å². The Morgan fingerprint density at radius 2 is 2.21 bits per heavy atom. The lowest BCUT2D eigenvalue weighted by molar-refractivity contribution is 0.0950. The van der Waals surface area contributed by atoms with E-state index in [0.717, 1.165) is 5.56 Å². The van der Waals surface area contributed by atoms with Crippen LogP contribution in [0.4, 0.5) is 0 Å². The summed E-state index contributed by atoms with van der Waals surface area (Å²) in [6.07, 6.45) is -0.161. The first-order valence-corrected chi connectivity index (χ1v) is 4.57. The number of hydrogen-bond acceptors (Lipinski definition) is 3. The molecule has 1 aliphatic heterocycles. The molecule has 1 amide bonds. The van der Waals surface area contributed by atoms with Crippen molar-refractivity contribution in [2.45, 2.75) is 6.17 Å². The lowest BCUT2D eigenvalue weighted by atomic mass is 10.1. The van der Waals surface area contributed by atoms with Gasteiger partial charge >= 0.3 is 0 Å². The molecule has 0 aromatic heterocycles. The third-order valence-corrected chi connectivity index (χ3v) is 2.25. The Balaban J connectivity index is 2.21. The highest BCUT2D eigenvalue weighted by molar-refractivity contribution is 5.98. The fraction of sp³-hybridized carbons (Fsp3) is 0.300. The third kappa shape index (κ3) is 1.49. The van der Waals surface area contributed by atoms with E-state index in [1.54, 1.807) is 6.07 Å². The number of rotatable bonds is 3. The lowest BCUT2D eigenvalue weighted by Gasteiger charge is -2.12. The van der Waals surface area contributed by atoms with Crippen molar-refractivity contribution in [1.29, 1.82) is 0 Å². The number of aliphatic hydroxyl groups excluding tert-OH is 1. The Morgan fingerprint density at radius 3 is 3.00 bits per heavy atom. The van der Waals surface area contributed by atoms with E-state index < -0.39 is 0 Å². The normalized spacial score (nSPS) is 19.2. The molecule has 0 saturated heterocycles. The van der Waals surface area contributed by atoms with Gasteiger partial charge in [-0.15, -0.1) is 0 Å². The Bertz CT molecular complexity index is 352. The van der Waals surface area contributed by atoms with Crippen molar-refractivity contribution < 1.29 is 9.90 Å². The second-order valence-corrected chi connectivity index (χ2v) is 3.17. The van der Waals surface area contributed by atoms with E-state index in [1.807, 2.05) is 18.2 Å².